The standard InChI is InChI=1S/C21H13F2N3O2/c1-27-17-10-6-5-9-16(17)26-20-18(22)14(11-24)15(12-25)19(23)21(20)28-13-7-3-2-4-8-13/h2-10,26H,1H3. The molecule has 0 radical (unpaired) electrons. The molecule has 3 rings (SSSR count). The fraction of sp³-hybridized carbons (Fsp3) is 0.0476. The highest BCUT2D eigenvalue weighted by molar-refractivity contribution is 5.75. The summed E-state index contributed by atoms with van der Waals surface area (Å²) < 4.78 is 40.8. The summed E-state index contributed by atoms with van der Waals surface area (Å²) in [5, 5.41) is 21.2. The Kier molecular flexibility index (Phi) is 5.38. The summed E-state index contributed by atoms with van der Waals surface area (Å²) in [5.74, 6) is -2.17. The molecule has 0 aliphatic rings. The first-order chi connectivity index (χ1) is 13.6. The van der Waals surface area contributed by atoms with Gasteiger partial charge in [0.25, 0.3) is 0 Å². The maximum absolute atomic E-state index is 15.1. The largest absolute Gasteiger partial charge is 0.495 e. The zero-order valence-corrected chi connectivity index (χ0v) is 14.7. The number of halogens is 2. The van der Waals surface area contributed by atoms with Crippen LogP contribution in [0.4, 0.5) is 20.2 Å². The highest BCUT2D eigenvalue weighted by Gasteiger charge is 2.27. The van der Waals surface area contributed by atoms with Gasteiger partial charge in [0, 0.05) is 0 Å². The van der Waals surface area contributed by atoms with E-state index in [2.05, 4.69) is 5.32 Å². The SMILES string of the molecule is COc1ccccc1Nc1c(F)c(C#N)c(C#N)c(F)c1Oc1ccccc1. The number of rotatable bonds is 5. The summed E-state index contributed by atoms with van der Waals surface area (Å²) in [6.07, 6.45) is 0. The molecule has 1 N–H and O–H groups in total. The molecule has 0 bridgehead atoms. The van der Waals surface area contributed by atoms with Crippen molar-refractivity contribution in [3.05, 3.63) is 77.4 Å². The number of nitriles is 2. The third-order valence-corrected chi connectivity index (χ3v) is 3.89. The minimum absolute atomic E-state index is 0.234. The van der Waals surface area contributed by atoms with E-state index in [1.165, 1.54) is 19.2 Å². The van der Waals surface area contributed by atoms with Crippen molar-refractivity contribution in [3.63, 3.8) is 0 Å². The minimum Gasteiger partial charge on any atom is -0.495 e. The Bertz CT molecular complexity index is 1100. The molecule has 0 aliphatic heterocycles. The summed E-state index contributed by atoms with van der Waals surface area (Å²) in [7, 11) is 1.43. The van der Waals surface area contributed by atoms with Crippen molar-refractivity contribution in [2.24, 2.45) is 0 Å². The number of hydrogen-bond donors (Lipinski definition) is 1. The smallest absolute Gasteiger partial charge is 0.190 e. The molecule has 0 aliphatic carbocycles. The van der Waals surface area contributed by atoms with Gasteiger partial charge in [-0.25, -0.2) is 8.78 Å². The Hall–Kier alpha value is -4.10. The maximum atomic E-state index is 15.1. The first-order valence-electron chi connectivity index (χ1n) is 8.08. The lowest BCUT2D eigenvalue weighted by Crippen LogP contribution is -2.06. The zero-order chi connectivity index (χ0) is 20.1. The molecular formula is C21H13F2N3O2. The van der Waals surface area contributed by atoms with Gasteiger partial charge in [-0.2, -0.15) is 10.5 Å². The molecule has 0 aromatic heterocycles. The predicted octanol–water partition coefficient (Wildman–Crippen LogP) is 5.25. The zero-order valence-electron chi connectivity index (χ0n) is 14.7. The topological polar surface area (TPSA) is 78.1 Å². The van der Waals surface area contributed by atoms with Crippen LogP contribution in [0.5, 0.6) is 17.2 Å². The van der Waals surface area contributed by atoms with E-state index in [1.54, 1.807) is 54.6 Å². The van der Waals surface area contributed by atoms with Gasteiger partial charge >= 0.3 is 0 Å². The molecule has 3 aromatic rings. The Balaban J connectivity index is 2.23. The van der Waals surface area contributed by atoms with Gasteiger partial charge in [-0.3, -0.25) is 0 Å². The number of benzene rings is 3. The maximum Gasteiger partial charge on any atom is 0.190 e. The minimum atomic E-state index is -1.14. The average Bonchev–Trinajstić information content (AvgIpc) is 2.73. The molecule has 0 saturated carbocycles. The number of para-hydroxylation sites is 3. The van der Waals surface area contributed by atoms with Gasteiger partial charge in [0.2, 0.25) is 0 Å². The molecule has 0 unspecified atom stereocenters. The average molecular weight is 377 g/mol. The molecule has 0 fully saturated rings. The molecule has 28 heavy (non-hydrogen) atoms. The first-order valence-corrected chi connectivity index (χ1v) is 8.08. The van der Waals surface area contributed by atoms with E-state index in [4.69, 9.17) is 9.47 Å². The van der Waals surface area contributed by atoms with Crippen LogP contribution in [-0.2, 0) is 0 Å². The van der Waals surface area contributed by atoms with Crippen LogP contribution in [0, 0.1) is 34.3 Å². The van der Waals surface area contributed by atoms with E-state index in [1.807, 2.05) is 0 Å². The van der Waals surface area contributed by atoms with Gasteiger partial charge in [-0.15, -0.1) is 0 Å². The Morgan fingerprint density at radius 3 is 2.11 bits per heavy atom. The molecule has 0 spiro atoms. The first kappa shape index (κ1) is 18.7. The van der Waals surface area contributed by atoms with Crippen molar-refractivity contribution in [2.45, 2.75) is 0 Å². The molecule has 0 saturated heterocycles. The van der Waals surface area contributed by atoms with E-state index in [0.717, 1.165) is 0 Å². The number of hydrogen-bond acceptors (Lipinski definition) is 5. The lowest BCUT2D eigenvalue weighted by Gasteiger charge is -2.18. The van der Waals surface area contributed by atoms with Crippen LogP contribution in [0.15, 0.2) is 54.6 Å². The van der Waals surface area contributed by atoms with Gasteiger partial charge in [0.15, 0.2) is 17.4 Å². The fourth-order valence-electron chi connectivity index (χ4n) is 2.57. The highest BCUT2D eigenvalue weighted by atomic mass is 19.1. The summed E-state index contributed by atoms with van der Waals surface area (Å²) in [6.45, 7) is 0. The second-order valence-corrected chi connectivity index (χ2v) is 5.55. The molecular weight excluding hydrogens is 364 g/mol. The summed E-state index contributed by atoms with van der Waals surface area (Å²) >= 11 is 0. The van der Waals surface area contributed by atoms with Crippen molar-refractivity contribution in [1.82, 2.24) is 0 Å². The molecule has 0 amide bonds. The van der Waals surface area contributed by atoms with E-state index in [0.29, 0.717) is 11.4 Å². The number of anilines is 2. The molecule has 0 heterocycles. The highest BCUT2D eigenvalue weighted by Crippen LogP contribution is 2.41. The van der Waals surface area contributed by atoms with E-state index >= 15 is 4.39 Å². The van der Waals surface area contributed by atoms with E-state index in [-0.39, 0.29) is 5.75 Å². The monoisotopic (exact) mass is 377 g/mol. The Labute approximate surface area is 160 Å². The third-order valence-electron chi connectivity index (χ3n) is 3.89. The lowest BCUT2D eigenvalue weighted by molar-refractivity contribution is 0.416. The summed E-state index contributed by atoms with van der Waals surface area (Å²) in [5.41, 5.74) is -1.52. The van der Waals surface area contributed by atoms with Crippen LogP contribution in [0.25, 0.3) is 0 Å². The number of nitrogens with one attached hydrogen (secondary N) is 1. The third kappa shape index (κ3) is 3.42. The van der Waals surface area contributed by atoms with Crippen LogP contribution < -0.4 is 14.8 Å². The molecule has 7 heteroatoms. The molecule has 5 nitrogen and oxygen atoms in total. The van der Waals surface area contributed by atoms with Gasteiger partial charge < -0.3 is 14.8 Å². The second kappa shape index (κ2) is 8.07. The summed E-state index contributed by atoms with van der Waals surface area (Å²) in [6, 6.07) is 17.8. The molecule has 138 valence electrons. The summed E-state index contributed by atoms with van der Waals surface area (Å²) in [4.78, 5) is 0. The second-order valence-electron chi connectivity index (χ2n) is 5.55. The number of nitrogens with zero attached hydrogens (tertiary/aromatic N) is 2. The van der Waals surface area contributed by atoms with Crippen molar-refractivity contribution < 1.29 is 18.3 Å². The van der Waals surface area contributed by atoms with Crippen LogP contribution >= 0.6 is 0 Å². The number of methoxy groups -OCH3 is 1. The van der Waals surface area contributed by atoms with Crippen molar-refractivity contribution in [3.8, 4) is 29.4 Å². The van der Waals surface area contributed by atoms with Crippen LogP contribution in [0.1, 0.15) is 11.1 Å². The van der Waals surface area contributed by atoms with E-state index < -0.39 is 34.2 Å². The van der Waals surface area contributed by atoms with Gasteiger partial charge in [0.1, 0.15) is 40.5 Å². The van der Waals surface area contributed by atoms with Crippen LogP contribution in [0.3, 0.4) is 0 Å². The number of ether oxygens (including phenoxy) is 2. The van der Waals surface area contributed by atoms with Crippen molar-refractivity contribution >= 4 is 11.4 Å². The lowest BCUT2D eigenvalue weighted by atomic mass is 10.0. The Morgan fingerprint density at radius 2 is 1.46 bits per heavy atom. The van der Waals surface area contributed by atoms with Crippen molar-refractivity contribution in [1.29, 1.82) is 10.5 Å². The normalized spacial score (nSPS) is 9.89. The quantitative estimate of drug-likeness (QED) is 0.657. The fourth-order valence-corrected chi connectivity index (χ4v) is 2.57. The van der Waals surface area contributed by atoms with Crippen LogP contribution in [0.2, 0.25) is 0 Å². The van der Waals surface area contributed by atoms with Gasteiger partial charge in [-0.05, 0) is 24.3 Å². The van der Waals surface area contributed by atoms with E-state index in [9.17, 15) is 14.9 Å². The van der Waals surface area contributed by atoms with Crippen molar-refractivity contribution in [2.75, 3.05) is 12.4 Å². The Morgan fingerprint density at radius 1 is 0.857 bits per heavy atom. The van der Waals surface area contributed by atoms with Gasteiger partial charge in [0.05, 0.1) is 12.8 Å². The molecule has 0 atom stereocenters. The molecule has 3 aromatic carbocycles. The van der Waals surface area contributed by atoms with Crippen LogP contribution in [-0.4, -0.2) is 7.11 Å². The van der Waals surface area contributed by atoms with Gasteiger partial charge in [-0.1, -0.05) is 30.3 Å². The predicted molar refractivity (Wildman–Crippen MR) is 98.6 cm³/mol.